The monoisotopic (exact) mass is 290 g/mol. The lowest BCUT2D eigenvalue weighted by atomic mass is 9.95. The summed E-state index contributed by atoms with van der Waals surface area (Å²) in [6.45, 7) is 0.671. The number of ketones is 2. The maximum Gasteiger partial charge on any atom is 0.212 e. The summed E-state index contributed by atoms with van der Waals surface area (Å²) >= 11 is 0. The molecule has 1 aromatic rings. The smallest absolute Gasteiger partial charge is 0.212 e. The van der Waals surface area contributed by atoms with E-state index in [1.807, 2.05) is 0 Å². The molecule has 0 atom stereocenters. The van der Waals surface area contributed by atoms with Crippen LogP contribution in [0.15, 0.2) is 17.8 Å². The first-order valence-electron chi connectivity index (χ1n) is 6.51. The van der Waals surface area contributed by atoms with Crippen LogP contribution >= 0.6 is 0 Å². The van der Waals surface area contributed by atoms with E-state index in [9.17, 15) is 19.9 Å². The van der Waals surface area contributed by atoms with Crippen molar-refractivity contribution in [3.05, 3.63) is 40.4 Å². The molecule has 0 unspecified atom stereocenters. The van der Waals surface area contributed by atoms with Crippen molar-refractivity contribution in [3.63, 3.8) is 0 Å². The van der Waals surface area contributed by atoms with E-state index in [1.165, 1.54) is 18.2 Å². The first kappa shape index (κ1) is 13.6. The molecule has 0 aromatic carbocycles. The summed E-state index contributed by atoms with van der Waals surface area (Å²) in [4.78, 5) is 26.4. The van der Waals surface area contributed by atoms with Gasteiger partial charge in [-0.2, -0.15) is 4.73 Å². The molecule has 0 radical (unpaired) electrons. The Kier molecular flexibility index (Phi) is 3.15. The minimum absolute atomic E-state index is 0.0342. The molecular formula is C14H14N2O5. The van der Waals surface area contributed by atoms with Gasteiger partial charge in [-0.15, -0.1) is 0 Å². The SMILES string of the molecule is O=C1C(N2CC2)=CC(=O)c2c1c(CO)c(/C=C/CO)n2O. The van der Waals surface area contributed by atoms with Crippen molar-refractivity contribution in [2.75, 3.05) is 19.7 Å². The van der Waals surface area contributed by atoms with E-state index in [0.717, 1.165) is 0 Å². The number of carbonyl (C=O) groups is 2. The first-order valence-corrected chi connectivity index (χ1v) is 6.51. The van der Waals surface area contributed by atoms with E-state index in [-0.39, 0.29) is 34.9 Å². The number of allylic oxidation sites excluding steroid dienone is 2. The largest absolute Gasteiger partial charge is 0.428 e. The molecule has 7 nitrogen and oxygen atoms in total. The summed E-state index contributed by atoms with van der Waals surface area (Å²) in [7, 11) is 0. The van der Waals surface area contributed by atoms with Gasteiger partial charge >= 0.3 is 0 Å². The van der Waals surface area contributed by atoms with Crippen molar-refractivity contribution >= 4 is 17.6 Å². The summed E-state index contributed by atoms with van der Waals surface area (Å²) in [6, 6.07) is 0. The third-order valence-electron chi connectivity index (χ3n) is 3.58. The van der Waals surface area contributed by atoms with Gasteiger partial charge in [0.25, 0.3) is 0 Å². The third-order valence-corrected chi connectivity index (χ3v) is 3.58. The van der Waals surface area contributed by atoms with Crippen LogP contribution in [0, 0.1) is 0 Å². The lowest BCUT2D eigenvalue weighted by Crippen LogP contribution is -2.23. The quantitative estimate of drug-likeness (QED) is 0.524. The lowest BCUT2D eigenvalue weighted by Gasteiger charge is -2.14. The fourth-order valence-corrected chi connectivity index (χ4v) is 2.50. The lowest BCUT2D eigenvalue weighted by molar-refractivity contribution is 0.0935. The molecule has 21 heavy (non-hydrogen) atoms. The Balaban J connectivity index is 2.19. The predicted molar refractivity (Wildman–Crippen MR) is 72.0 cm³/mol. The maximum absolute atomic E-state index is 12.5. The molecule has 1 aliphatic carbocycles. The second-order valence-electron chi connectivity index (χ2n) is 4.85. The van der Waals surface area contributed by atoms with Crippen molar-refractivity contribution < 1.29 is 25.0 Å². The number of hydrogen-bond donors (Lipinski definition) is 3. The van der Waals surface area contributed by atoms with Crippen molar-refractivity contribution in [2.45, 2.75) is 6.61 Å². The topological polar surface area (TPSA) is 103 Å². The molecular weight excluding hydrogens is 276 g/mol. The highest BCUT2D eigenvalue weighted by Crippen LogP contribution is 2.32. The molecule has 0 bridgehead atoms. The summed E-state index contributed by atoms with van der Waals surface area (Å²) in [5.74, 6) is -0.857. The van der Waals surface area contributed by atoms with Gasteiger partial charge in [0.05, 0.1) is 30.2 Å². The molecule has 1 aliphatic heterocycles. The Labute approximate surface area is 120 Å². The number of aliphatic hydroxyl groups is 2. The minimum atomic E-state index is -0.493. The summed E-state index contributed by atoms with van der Waals surface area (Å²) in [5.41, 5.74) is 0.492. The molecule has 0 saturated carbocycles. The molecule has 0 spiro atoms. The van der Waals surface area contributed by atoms with Gasteiger partial charge in [-0.05, 0) is 6.08 Å². The molecule has 110 valence electrons. The van der Waals surface area contributed by atoms with Crippen LogP contribution in [0.2, 0.25) is 0 Å². The number of carbonyl (C=O) groups excluding carboxylic acids is 2. The van der Waals surface area contributed by atoms with E-state index < -0.39 is 12.4 Å². The van der Waals surface area contributed by atoms with Crippen molar-refractivity contribution in [1.29, 1.82) is 0 Å². The standard InChI is InChI=1S/C14H14N2O5/c17-5-1-2-9-8(7-18)12-13(16(9)21)11(19)6-10(14(12)20)15-3-4-15/h1-2,6,17-18,21H,3-5,7H2/b2-1+. The van der Waals surface area contributed by atoms with E-state index in [4.69, 9.17) is 5.11 Å². The molecule has 7 heteroatoms. The number of rotatable bonds is 4. The van der Waals surface area contributed by atoms with Gasteiger partial charge in [-0.1, -0.05) is 6.08 Å². The zero-order valence-corrected chi connectivity index (χ0v) is 11.1. The van der Waals surface area contributed by atoms with E-state index in [0.29, 0.717) is 23.5 Å². The third kappa shape index (κ3) is 1.98. The number of hydrogen-bond acceptors (Lipinski definition) is 6. The number of aliphatic hydroxyl groups excluding tert-OH is 2. The van der Waals surface area contributed by atoms with Gasteiger partial charge in [0.15, 0.2) is 0 Å². The van der Waals surface area contributed by atoms with E-state index in [2.05, 4.69) is 0 Å². The molecule has 1 saturated heterocycles. The van der Waals surface area contributed by atoms with Gasteiger partial charge in [-0.25, -0.2) is 0 Å². The van der Waals surface area contributed by atoms with Crippen LogP contribution in [0.5, 0.6) is 0 Å². The highest BCUT2D eigenvalue weighted by atomic mass is 16.5. The van der Waals surface area contributed by atoms with Crippen LogP contribution in [-0.2, 0) is 6.61 Å². The second kappa shape index (κ2) is 4.87. The molecule has 1 aromatic heterocycles. The molecule has 3 rings (SSSR count). The molecule has 2 heterocycles. The summed E-state index contributed by atoms with van der Waals surface area (Å²) < 4.78 is 0.600. The molecule has 2 aliphatic rings. The fourth-order valence-electron chi connectivity index (χ4n) is 2.50. The average Bonchev–Trinajstić information content (AvgIpc) is 3.25. The van der Waals surface area contributed by atoms with Crippen LogP contribution in [0.3, 0.4) is 0 Å². The molecule has 3 N–H and O–H groups in total. The predicted octanol–water partition coefficient (Wildman–Crippen LogP) is -0.198. The number of fused-ring (bicyclic) bond motifs is 1. The second-order valence-corrected chi connectivity index (χ2v) is 4.85. The number of aromatic nitrogens is 1. The van der Waals surface area contributed by atoms with Crippen LogP contribution in [0.25, 0.3) is 6.08 Å². The summed E-state index contributed by atoms with van der Waals surface area (Å²) in [5, 5.41) is 28.4. The summed E-state index contributed by atoms with van der Waals surface area (Å²) in [6.07, 6.45) is 3.92. The van der Waals surface area contributed by atoms with Gasteiger partial charge < -0.3 is 20.3 Å². The highest BCUT2D eigenvalue weighted by Gasteiger charge is 2.38. The van der Waals surface area contributed by atoms with Crippen LogP contribution in [0.1, 0.15) is 32.1 Å². The average molecular weight is 290 g/mol. The Hall–Kier alpha value is -2.38. The van der Waals surface area contributed by atoms with Crippen molar-refractivity contribution in [1.82, 2.24) is 9.63 Å². The van der Waals surface area contributed by atoms with Gasteiger partial charge in [0.1, 0.15) is 5.69 Å². The highest BCUT2D eigenvalue weighted by molar-refractivity contribution is 6.24. The zero-order chi connectivity index (χ0) is 15.1. The van der Waals surface area contributed by atoms with Crippen molar-refractivity contribution in [3.8, 4) is 0 Å². The Morgan fingerprint density at radius 2 is 1.95 bits per heavy atom. The molecule has 1 fully saturated rings. The number of Topliss-reactive ketones (excluding diaryl/α,β-unsaturated/α-hetero) is 1. The van der Waals surface area contributed by atoms with Gasteiger partial charge in [-0.3, -0.25) is 9.59 Å². The number of nitrogens with zero attached hydrogens (tertiary/aromatic N) is 2. The van der Waals surface area contributed by atoms with Crippen molar-refractivity contribution in [2.24, 2.45) is 0 Å². The van der Waals surface area contributed by atoms with Gasteiger partial charge in [0, 0.05) is 24.7 Å². The Morgan fingerprint density at radius 3 is 2.52 bits per heavy atom. The van der Waals surface area contributed by atoms with E-state index >= 15 is 0 Å². The minimum Gasteiger partial charge on any atom is -0.428 e. The molecule has 0 amide bonds. The normalized spacial score (nSPS) is 17.4. The van der Waals surface area contributed by atoms with Crippen LogP contribution < -0.4 is 0 Å². The van der Waals surface area contributed by atoms with E-state index in [1.54, 1.807) is 4.90 Å². The Bertz CT molecular complexity index is 695. The Morgan fingerprint density at radius 1 is 1.24 bits per heavy atom. The maximum atomic E-state index is 12.5. The fraction of sp³-hybridized carbons (Fsp3) is 0.286. The van der Waals surface area contributed by atoms with Gasteiger partial charge in [0.2, 0.25) is 11.6 Å². The van der Waals surface area contributed by atoms with Crippen LogP contribution in [-0.4, -0.2) is 56.3 Å². The zero-order valence-electron chi connectivity index (χ0n) is 11.1. The van der Waals surface area contributed by atoms with Crippen LogP contribution in [0.4, 0.5) is 0 Å². The first-order chi connectivity index (χ1) is 10.1.